The van der Waals surface area contributed by atoms with E-state index in [1.54, 1.807) is 0 Å². The Bertz CT molecular complexity index is 433. The van der Waals surface area contributed by atoms with Gasteiger partial charge in [-0.2, -0.15) is 5.26 Å². The Balaban J connectivity index is 2.41. The first-order valence-corrected chi connectivity index (χ1v) is 4.62. The van der Waals surface area contributed by atoms with E-state index in [1.165, 1.54) is 6.07 Å². The van der Waals surface area contributed by atoms with E-state index in [-0.39, 0.29) is 18.4 Å². The second-order valence-corrected chi connectivity index (χ2v) is 3.88. The number of hydrogen-bond donors (Lipinski definition) is 1. The molecule has 0 radical (unpaired) electrons. The Morgan fingerprint density at radius 3 is 2.53 bits per heavy atom. The summed E-state index contributed by atoms with van der Waals surface area (Å²) in [6.45, 7) is 0. The summed E-state index contributed by atoms with van der Waals surface area (Å²) in [7, 11) is 0. The molecule has 1 N–H and O–H groups in total. The Labute approximate surface area is 85.8 Å². The number of aliphatic hydroxyl groups excluding tert-OH is 1. The van der Waals surface area contributed by atoms with E-state index in [1.807, 2.05) is 6.07 Å². The van der Waals surface area contributed by atoms with Crippen molar-refractivity contribution >= 4 is 0 Å². The van der Waals surface area contributed by atoms with Crippen LogP contribution in [0.1, 0.15) is 18.4 Å². The van der Waals surface area contributed by atoms with Crippen molar-refractivity contribution in [3.8, 4) is 6.07 Å². The van der Waals surface area contributed by atoms with Crippen LogP contribution in [-0.2, 0) is 5.41 Å². The van der Waals surface area contributed by atoms with E-state index in [4.69, 9.17) is 5.26 Å². The molecule has 0 saturated heterocycles. The maximum atomic E-state index is 13.4. The number of benzene rings is 1. The molecule has 1 aromatic rings. The fourth-order valence-corrected chi connectivity index (χ4v) is 1.99. The summed E-state index contributed by atoms with van der Waals surface area (Å²) in [5.41, 5.74) is -0.797. The SMILES string of the molecule is N#CC1(c2ccc(F)cc2F)CC(O)C1. The average molecular weight is 209 g/mol. The highest BCUT2D eigenvalue weighted by Crippen LogP contribution is 2.44. The summed E-state index contributed by atoms with van der Waals surface area (Å²) < 4.78 is 26.1. The van der Waals surface area contributed by atoms with Crippen molar-refractivity contribution in [1.82, 2.24) is 0 Å². The summed E-state index contributed by atoms with van der Waals surface area (Å²) in [6.07, 6.45) is -0.132. The predicted octanol–water partition coefficient (Wildman–Crippen LogP) is 1.88. The van der Waals surface area contributed by atoms with Crippen molar-refractivity contribution in [1.29, 1.82) is 5.26 Å². The van der Waals surface area contributed by atoms with Crippen molar-refractivity contribution in [3.05, 3.63) is 35.4 Å². The van der Waals surface area contributed by atoms with E-state index >= 15 is 0 Å². The lowest BCUT2D eigenvalue weighted by Gasteiger charge is -2.40. The van der Waals surface area contributed by atoms with Gasteiger partial charge in [0.25, 0.3) is 0 Å². The van der Waals surface area contributed by atoms with Gasteiger partial charge in [0.05, 0.1) is 17.6 Å². The van der Waals surface area contributed by atoms with Gasteiger partial charge in [0.2, 0.25) is 0 Å². The van der Waals surface area contributed by atoms with E-state index in [2.05, 4.69) is 0 Å². The van der Waals surface area contributed by atoms with Crippen LogP contribution in [0.5, 0.6) is 0 Å². The molecule has 0 amide bonds. The zero-order valence-electron chi connectivity index (χ0n) is 7.87. The molecule has 4 heteroatoms. The first kappa shape index (κ1) is 10.1. The Hall–Kier alpha value is -1.47. The summed E-state index contributed by atoms with van der Waals surface area (Å²) in [5, 5.41) is 18.2. The van der Waals surface area contributed by atoms with Crippen LogP contribution < -0.4 is 0 Å². The standard InChI is InChI=1S/C11H9F2NO/c12-7-1-2-9(10(13)3-7)11(6-14)4-8(15)5-11/h1-3,8,15H,4-5H2. The summed E-state index contributed by atoms with van der Waals surface area (Å²) in [4.78, 5) is 0. The Kier molecular flexibility index (Phi) is 2.20. The lowest BCUT2D eigenvalue weighted by Crippen LogP contribution is -2.44. The van der Waals surface area contributed by atoms with Gasteiger partial charge in [0, 0.05) is 11.6 Å². The number of hydrogen-bond acceptors (Lipinski definition) is 2. The molecule has 15 heavy (non-hydrogen) atoms. The molecule has 1 aliphatic carbocycles. The quantitative estimate of drug-likeness (QED) is 0.767. The van der Waals surface area contributed by atoms with Gasteiger partial charge in [-0.05, 0) is 18.9 Å². The van der Waals surface area contributed by atoms with Crippen molar-refractivity contribution < 1.29 is 13.9 Å². The second-order valence-electron chi connectivity index (χ2n) is 3.88. The van der Waals surface area contributed by atoms with Crippen LogP contribution in [0.25, 0.3) is 0 Å². The Morgan fingerprint density at radius 2 is 2.07 bits per heavy atom. The van der Waals surface area contributed by atoms with E-state index in [9.17, 15) is 13.9 Å². The molecule has 0 bridgehead atoms. The van der Waals surface area contributed by atoms with Crippen molar-refractivity contribution in [2.75, 3.05) is 0 Å². The van der Waals surface area contributed by atoms with Crippen LogP contribution in [-0.4, -0.2) is 11.2 Å². The highest BCUT2D eigenvalue weighted by atomic mass is 19.1. The van der Waals surface area contributed by atoms with Gasteiger partial charge in [-0.1, -0.05) is 6.07 Å². The van der Waals surface area contributed by atoms with Crippen LogP contribution >= 0.6 is 0 Å². The van der Waals surface area contributed by atoms with E-state index in [0.717, 1.165) is 12.1 Å². The normalized spacial score (nSPS) is 29.3. The molecular weight excluding hydrogens is 200 g/mol. The van der Waals surface area contributed by atoms with E-state index in [0.29, 0.717) is 0 Å². The number of halogens is 2. The van der Waals surface area contributed by atoms with Gasteiger partial charge in [-0.15, -0.1) is 0 Å². The van der Waals surface area contributed by atoms with E-state index < -0.39 is 23.2 Å². The van der Waals surface area contributed by atoms with Crippen LogP contribution in [0.3, 0.4) is 0 Å². The smallest absolute Gasteiger partial charge is 0.130 e. The predicted molar refractivity (Wildman–Crippen MR) is 48.9 cm³/mol. The minimum absolute atomic E-state index is 0.178. The van der Waals surface area contributed by atoms with Crippen molar-refractivity contribution in [2.45, 2.75) is 24.4 Å². The summed E-state index contributed by atoms with van der Waals surface area (Å²) >= 11 is 0. The van der Waals surface area contributed by atoms with Crippen molar-refractivity contribution in [3.63, 3.8) is 0 Å². The minimum atomic E-state index is -0.975. The highest BCUT2D eigenvalue weighted by Gasteiger charge is 2.46. The van der Waals surface area contributed by atoms with Crippen LogP contribution in [0.2, 0.25) is 0 Å². The number of rotatable bonds is 1. The fourth-order valence-electron chi connectivity index (χ4n) is 1.99. The monoisotopic (exact) mass is 209 g/mol. The minimum Gasteiger partial charge on any atom is -0.393 e. The van der Waals surface area contributed by atoms with Crippen LogP contribution in [0.4, 0.5) is 8.78 Å². The third kappa shape index (κ3) is 1.49. The van der Waals surface area contributed by atoms with Gasteiger partial charge < -0.3 is 5.11 Å². The maximum absolute atomic E-state index is 13.4. The molecule has 2 rings (SSSR count). The largest absolute Gasteiger partial charge is 0.393 e. The molecule has 0 aromatic heterocycles. The maximum Gasteiger partial charge on any atom is 0.130 e. The topological polar surface area (TPSA) is 44.0 Å². The number of nitriles is 1. The molecule has 1 saturated carbocycles. The summed E-state index contributed by atoms with van der Waals surface area (Å²) in [6, 6.07) is 5.17. The zero-order chi connectivity index (χ0) is 11.1. The third-order valence-corrected chi connectivity index (χ3v) is 2.83. The molecule has 0 aliphatic heterocycles. The van der Waals surface area contributed by atoms with Crippen molar-refractivity contribution in [2.24, 2.45) is 0 Å². The molecule has 0 unspecified atom stereocenters. The Morgan fingerprint density at radius 1 is 1.40 bits per heavy atom. The molecule has 0 heterocycles. The summed E-state index contributed by atoms with van der Waals surface area (Å²) in [5.74, 6) is -1.38. The molecule has 1 aromatic carbocycles. The number of aliphatic hydroxyl groups is 1. The fraction of sp³-hybridized carbons (Fsp3) is 0.364. The molecular formula is C11H9F2NO. The molecule has 1 aliphatic rings. The van der Waals surface area contributed by atoms with Gasteiger partial charge in [-0.3, -0.25) is 0 Å². The zero-order valence-corrected chi connectivity index (χ0v) is 7.87. The second kappa shape index (κ2) is 3.28. The lowest BCUT2D eigenvalue weighted by molar-refractivity contribution is 0.0432. The molecule has 78 valence electrons. The van der Waals surface area contributed by atoms with Crippen LogP contribution in [0, 0.1) is 23.0 Å². The average Bonchev–Trinajstić information content (AvgIpc) is 2.13. The molecule has 0 spiro atoms. The first-order chi connectivity index (χ1) is 7.07. The number of nitrogens with zero attached hydrogens (tertiary/aromatic N) is 1. The highest BCUT2D eigenvalue weighted by molar-refractivity contribution is 5.37. The van der Waals surface area contributed by atoms with Crippen LogP contribution in [0.15, 0.2) is 18.2 Å². The molecule has 0 atom stereocenters. The van der Waals surface area contributed by atoms with Gasteiger partial charge in [0.15, 0.2) is 0 Å². The molecule has 1 fully saturated rings. The van der Waals surface area contributed by atoms with Gasteiger partial charge in [-0.25, -0.2) is 8.78 Å². The lowest BCUT2D eigenvalue weighted by atomic mass is 9.63. The third-order valence-electron chi connectivity index (χ3n) is 2.83. The first-order valence-electron chi connectivity index (χ1n) is 4.62. The van der Waals surface area contributed by atoms with Gasteiger partial charge in [0.1, 0.15) is 11.6 Å². The molecule has 2 nitrogen and oxygen atoms in total. The van der Waals surface area contributed by atoms with Gasteiger partial charge >= 0.3 is 0 Å².